The lowest BCUT2D eigenvalue weighted by molar-refractivity contribution is -0.0586. The lowest BCUT2D eigenvalue weighted by Gasteiger charge is -2.22. The van der Waals surface area contributed by atoms with E-state index in [4.69, 9.17) is 4.84 Å². The lowest BCUT2D eigenvalue weighted by atomic mass is 10.1. The van der Waals surface area contributed by atoms with Crippen molar-refractivity contribution >= 4 is 17.8 Å². The number of hydrogen-bond acceptors (Lipinski definition) is 5. The molecule has 2 amide bonds. The minimum atomic E-state index is -1.06. The molecule has 0 radical (unpaired) electrons. The Labute approximate surface area is 143 Å². The van der Waals surface area contributed by atoms with Gasteiger partial charge in [-0.05, 0) is 45.0 Å². The number of benzene rings is 1. The maximum absolute atomic E-state index is 12.5. The van der Waals surface area contributed by atoms with Gasteiger partial charge in [-0.1, -0.05) is 17.2 Å². The second-order valence-electron chi connectivity index (χ2n) is 6.60. The summed E-state index contributed by atoms with van der Waals surface area (Å²) in [5, 5.41) is 0.390. The van der Waals surface area contributed by atoms with Gasteiger partial charge in [-0.25, -0.2) is 4.79 Å². The van der Waals surface area contributed by atoms with Crippen molar-refractivity contribution in [1.29, 1.82) is 0 Å². The van der Waals surface area contributed by atoms with Crippen molar-refractivity contribution in [2.45, 2.75) is 26.3 Å². The van der Waals surface area contributed by atoms with Crippen LogP contribution in [0.5, 0.6) is 0 Å². The highest BCUT2D eigenvalue weighted by molar-refractivity contribution is 6.21. The number of amides is 2. The topological polar surface area (TPSA) is 85.7 Å². The predicted molar refractivity (Wildman–Crippen MR) is 88.1 cm³/mol. The second-order valence-corrected chi connectivity index (χ2v) is 6.60. The molecular weight excluding hydrogens is 324 g/mol. The number of aromatic nitrogens is 1. The summed E-state index contributed by atoms with van der Waals surface area (Å²) >= 11 is 0. The van der Waals surface area contributed by atoms with Crippen LogP contribution in [0.15, 0.2) is 47.4 Å². The summed E-state index contributed by atoms with van der Waals surface area (Å²) < 4.78 is 1.38. The van der Waals surface area contributed by atoms with Crippen LogP contribution in [0.25, 0.3) is 0 Å². The van der Waals surface area contributed by atoms with Gasteiger partial charge in [0, 0.05) is 11.7 Å². The van der Waals surface area contributed by atoms with E-state index in [0.717, 1.165) is 0 Å². The average Bonchev–Trinajstić information content (AvgIpc) is 2.79. The lowest BCUT2D eigenvalue weighted by Crippen LogP contribution is -2.39. The fourth-order valence-electron chi connectivity index (χ4n) is 2.56. The third kappa shape index (κ3) is 2.73. The van der Waals surface area contributed by atoms with Gasteiger partial charge >= 0.3 is 5.97 Å². The largest absolute Gasteiger partial charge is 0.369 e. The summed E-state index contributed by atoms with van der Waals surface area (Å²) in [6.45, 7) is 5.44. The molecule has 2 heterocycles. The van der Waals surface area contributed by atoms with Crippen molar-refractivity contribution in [3.63, 3.8) is 0 Å². The van der Waals surface area contributed by atoms with E-state index in [0.29, 0.717) is 5.06 Å². The van der Waals surface area contributed by atoms with Gasteiger partial charge in [-0.15, -0.1) is 0 Å². The molecule has 0 aliphatic carbocycles. The third-order valence-electron chi connectivity index (χ3n) is 3.82. The zero-order valence-electron chi connectivity index (χ0n) is 14.0. The van der Waals surface area contributed by atoms with Gasteiger partial charge in [-0.2, -0.15) is 0 Å². The van der Waals surface area contributed by atoms with Crippen molar-refractivity contribution in [2.75, 3.05) is 0 Å². The predicted octanol–water partition coefficient (Wildman–Crippen LogP) is 1.97. The second kappa shape index (κ2) is 5.70. The number of hydrogen-bond donors (Lipinski definition) is 0. The number of pyridine rings is 1. The van der Waals surface area contributed by atoms with Gasteiger partial charge in [0.05, 0.1) is 11.1 Å². The van der Waals surface area contributed by atoms with Crippen LogP contribution in [-0.4, -0.2) is 27.4 Å². The first-order chi connectivity index (χ1) is 11.7. The molecule has 7 nitrogen and oxygen atoms in total. The minimum absolute atomic E-state index is 0.153. The Morgan fingerprint density at radius 3 is 2.00 bits per heavy atom. The summed E-state index contributed by atoms with van der Waals surface area (Å²) in [5.74, 6) is -2.53. The van der Waals surface area contributed by atoms with Crippen LogP contribution in [0.4, 0.5) is 0 Å². The first kappa shape index (κ1) is 16.6. The fraction of sp³-hybridized carbons (Fsp3) is 0.222. The highest BCUT2D eigenvalue weighted by Crippen LogP contribution is 2.23. The summed E-state index contributed by atoms with van der Waals surface area (Å²) in [6, 6.07) is 8.98. The molecule has 2 aromatic rings. The summed E-state index contributed by atoms with van der Waals surface area (Å²) in [5.41, 5.74) is -1.05. The SMILES string of the molecule is CC(C)(C)n1cccc(C(=O)ON2C(=O)c3ccccc3C2=O)c1=O. The molecular formula is C18H16N2O5. The van der Waals surface area contributed by atoms with Gasteiger partial charge in [0.25, 0.3) is 17.4 Å². The Morgan fingerprint density at radius 2 is 1.48 bits per heavy atom. The molecule has 25 heavy (non-hydrogen) atoms. The van der Waals surface area contributed by atoms with E-state index in [9.17, 15) is 19.2 Å². The number of carbonyl (C=O) groups excluding carboxylic acids is 3. The van der Waals surface area contributed by atoms with Gasteiger partial charge in [0.2, 0.25) is 0 Å². The highest BCUT2D eigenvalue weighted by atomic mass is 16.7. The zero-order chi connectivity index (χ0) is 18.4. The molecule has 1 aliphatic rings. The molecule has 0 saturated carbocycles. The van der Waals surface area contributed by atoms with Crippen LogP contribution in [-0.2, 0) is 10.4 Å². The van der Waals surface area contributed by atoms with Gasteiger partial charge in [-0.3, -0.25) is 14.4 Å². The Balaban J connectivity index is 1.91. The molecule has 0 unspecified atom stereocenters. The number of imide groups is 1. The van der Waals surface area contributed by atoms with Crippen molar-refractivity contribution in [3.05, 3.63) is 69.6 Å². The van der Waals surface area contributed by atoms with E-state index in [2.05, 4.69) is 0 Å². The Bertz CT molecular complexity index is 917. The van der Waals surface area contributed by atoms with E-state index < -0.39 is 28.9 Å². The number of rotatable bonds is 2. The molecule has 3 rings (SSSR count). The smallest absolute Gasteiger partial charge is 0.324 e. The maximum Gasteiger partial charge on any atom is 0.369 e. The van der Waals surface area contributed by atoms with Crippen molar-refractivity contribution in [3.8, 4) is 0 Å². The van der Waals surface area contributed by atoms with Crippen LogP contribution in [0, 0.1) is 0 Å². The van der Waals surface area contributed by atoms with Gasteiger partial charge in [0.1, 0.15) is 5.56 Å². The molecule has 1 aliphatic heterocycles. The van der Waals surface area contributed by atoms with Gasteiger partial charge in [0.15, 0.2) is 0 Å². The monoisotopic (exact) mass is 340 g/mol. The quantitative estimate of drug-likeness (QED) is 0.780. The van der Waals surface area contributed by atoms with E-state index in [1.165, 1.54) is 28.8 Å². The fourth-order valence-corrected chi connectivity index (χ4v) is 2.56. The number of hydroxylamine groups is 2. The van der Waals surface area contributed by atoms with Crippen LogP contribution >= 0.6 is 0 Å². The van der Waals surface area contributed by atoms with Crippen LogP contribution < -0.4 is 5.56 Å². The van der Waals surface area contributed by atoms with E-state index in [-0.39, 0.29) is 16.7 Å². The maximum atomic E-state index is 12.5. The van der Waals surface area contributed by atoms with Crippen molar-refractivity contribution in [2.24, 2.45) is 0 Å². The molecule has 1 aromatic carbocycles. The number of carbonyl (C=O) groups is 3. The summed E-state index contributed by atoms with van der Waals surface area (Å²) in [6.07, 6.45) is 1.56. The Kier molecular flexibility index (Phi) is 3.79. The Morgan fingerprint density at radius 1 is 0.920 bits per heavy atom. The molecule has 0 atom stereocenters. The molecule has 1 aromatic heterocycles. The van der Waals surface area contributed by atoms with Crippen LogP contribution in [0.1, 0.15) is 51.8 Å². The molecule has 128 valence electrons. The first-order valence-electron chi connectivity index (χ1n) is 7.64. The van der Waals surface area contributed by atoms with Gasteiger partial charge < -0.3 is 9.40 Å². The zero-order valence-corrected chi connectivity index (χ0v) is 14.0. The van der Waals surface area contributed by atoms with Crippen molar-refractivity contribution < 1.29 is 19.2 Å². The number of fused-ring (bicyclic) bond motifs is 1. The standard InChI is InChI=1S/C18H16N2O5/c1-18(2,3)19-10-6-9-13(14(19)21)17(24)25-20-15(22)11-7-4-5-8-12(11)16(20)23/h4-10H,1-3H3. The minimum Gasteiger partial charge on any atom is -0.324 e. The van der Waals surface area contributed by atoms with Crippen LogP contribution in [0.2, 0.25) is 0 Å². The van der Waals surface area contributed by atoms with Crippen LogP contribution in [0.3, 0.4) is 0 Å². The van der Waals surface area contributed by atoms with Crippen molar-refractivity contribution in [1.82, 2.24) is 9.63 Å². The number of nitrogens with zero attached hydrogens (tertiary/aromatic N) is 2. The highest BCUT2D eigenvalue weighted by Gasteiger charge is 2.39. The first-order valence-corrected chi connectivity index (χ1v) is 7.64. The average molecular weight is 340 g/mol. The van der Waals surface area contributed by atoms with E-state index in [1.54, 1.807) is 18.3 Å². The van der Waals surface area contributed by atoms with E-state index in [1.807, 2.05) is 20.8 Å². The molecule has 0 N–H and O–H groups in total. The normalized spacial score (nSPS) is 13.8. The molecule has 0 saturated heterocycles. The Hall–Kier alpha value is -3.22. The molecule has 0 fully saturated rings. The molecule has 0 bridgehead atoms. The summed E-state index contributed by atoms with van der Waals surface area (Å²) in [7, 11) is 0. The third-order valence-corrected chi connectivity index (χ3v) is 3.82. The summed E-state index contributed by atoms with van der Waals surface area (Å²) in [4.78, 5) is 54.2. The molecule has 7 heteroatoms. The molecule has 0 spiro atoms. The van der Waals surface area contributed by atoms with E-state index >= 15 is 0 Å².